The molecule has 2 N–H and O–H groups in total. The highest BCUT2D eigenvalue weighted by molar-refractivity contribution is 6.13. The number of carbonyl (C=O) groups is 1. The summed E-state index contributed by atoms with van der Waals surface area (Å²) in [5.74, 6) is 1.03. The van der Waals surface area contributed by atoms with Crippen molar-refractivity contribution in [3.05, 3.63) is 28.8 Å². The number of nitrogens with zero attached hydrogens (tertiary/aromatic N) is 1. The van der Waals surface area contributed by atoms with Crippen molar-refractivity contribution >= 4 is 11.7 Å². The number of amidine groups is 1. The Morgan fingerprint density at radius 2 is 1.83 bits per heavy atom. The Balaban J connectivity index is 2.39. The molecule has 0 saturated heterocycles. The van der Waals surface area contributed by atoms with Crippen LogP contribution in [0, 0.1) is 19.8 Å². The molecule has 1 aromatic rings. The molecule has 0 bridgehead atoms. The number of nitrogens with one attached hydrogen (secondary N) is 1. The van der Waals surface area contributed by atoms with Crippen LogP contribution in [0.2, 0.25) is 0 Å². The van der Waals surface area contributed by atoms with Crippen molar-refractivity contribution < 1.29 is 9.90 Å². The highest BCUT2D eigenvalue weighted by atomic mass is 16.3. The van der Waals surface area contributed by atoms with Crippen molar-refractivity contribution in [3.63, 3.8) is 0 Å². The highest BCUT2D eigenvalue weighted by Crippen LogP contribution is 2.24. The number of aliphatic imine (C=N–C) groups is 1. The highest BCUT2D eigenvalue weighted by Gasteiger charge is 2.29. The SMILES string of the molecule is Cc1cc(C2=NC(C(C)C)C(=O)N2)cc(C)c1O. The number of benzene rings is 1. The molecule has 4 heteroatoms. The normalized spacial score (nSPS) is 19.1. The number of carbonyl (C=O) groups excluding carboxylic acids is 1. The number of rotatable bonds is 2. The zero-order chi connectivity index (χ0) is 13.4. The molecular formula is C14H18N2O2. The minimum Gasteiger partial charge on any atom is -0.507 e. The fraction of sp³-hybridized carbons (Fsp3) is 0.429. The van der Waals surface area contributed by atoms with Crippen molar-refractivity contribution in [1.82, 2.24) is 5.32 Å². The first-order valence-corrected chi connectivity index (χ1v) is 6.09. The fourth-order valence-electron chi connectivity index (χ4n) is 2.11. The van der Waals surface area contributed by atoms with Gasteiger partial charge >= 0.3 is 0 Å². The molecule has 1 heterocycles. The van der Waals surface area contributed by atoms with E-state index in [-0.39, 0.29) is 17.9 Å². The molecule has 96 valence electrons. The lowest BCUT2D eigenvalue weighted by Gasteiger charge is -2.07. The quantitative estimate of drug-likeness (QED) is 0.837. The first-order valence-electron chi connectivity index (χ1n) is 6.09. The Labute approximate surface area is 107 Å². The predicted molar refractivity (Wildman–Crippen MR) is 70.9 cm³/mol. The van der Waals surface area contributed by atoms with Crippen LogP contribution in [0.15, 0.2) is 17.1 Å². The third-order valence-electron chi connectivity index (χ3n) is 3.17. The van der Waals surface area contributed by atoms with Crippen LogP contribution in [-0.2, 0) is 4.79 Å². The van der Waals surface area contributed by atoms with Gasteiger partial charge in [-0.2, -0.15) is 0 Å². The molecule has 0 saturated carbocycles. The largest absolute Gasteiger partial charge is 0.507 e. The summed E-state index contributed by atoms with van der Waals surface area (Å²) < 4.78 is 0. The lowest BCUT2D eigenvalue weighted by molar-refractivity contribution is -0.120. The molecule has 1 aromatic carbocycles. The average molecular weight is 246 g/mol. The summed E-state index contributed by atoms with van der Waals surface area (Å²) in [6, 6.07) is 3.36. The van der Waals surface area contributed by atoms with Crippen LogP contribution < -0.4 is 5.32 Å². The molecule has 0 radical (unpaired) electrons. The summed E-state index contributed by atoms with van der Waals surface area (Å²) >= 11 is 0. The maximum absolute atomic E-state index is 11.8. The third kappa shape index (κ3) is 2.10. The van der Waals surface area contributed by atoms with Crippen molar-refractivity contribution in [2.75, 3.05) is 0 Å². The second-order valence-corrected chi connectivity index (χ2v) is 5.11. The van der Waals surface area contributed by atoms with Crippen LogP contribution in [0.5, 0.6) is 5.75 Å². The first-order chi connectivity index (χ1) is 8.40. The number of aromatic hydroxyl groups is 1. The van der Waals surface area contributed by atoms with E-state index in [9.17, 15) is 9.90 Å². The van der Waals surface area contributed by atoms with E-state index in [1.54, 1.807) is 0 Å². The number of aryl methyl sites for hydroxylation is 2. The van der Waals surface area contributed by atoms with Gasteiger partial charge in [0.05, 0.1) is 0 Å². The standard InChI is InChI=1S/C14H18N2O2/c1-7(2)11-14(18)16-13(15-11)10-5-8(3)12(17)9(4)6-10/h5-7,11,17H,1-4H3,(H,15,16,18). The summed E-state index contributed by atoms with van der Waals surface area (Å²) in [7, 11) is 0. The third-order valence-corrected chi connectivity index (χ3v) is 3.17. The second kappa shape index (κ2) is 4.44. The molecule has 0 aromatic heterocycles. The van der Waals surface area contributed by atoms with E-state index in [1.807, 2.05) is 39.8 Å². The summed E-state index contributed by atoms with van der Waals surface area (Å²) in [4.78, 5) is 16.2. The molecule has 0 spiro atoms. The lowest BCUT2D eigenvalue weighted by atomic mass is 10.1. The van der Waals surface area contributed by atoms with Gasteiger partial charge in [0.1, 0.15) is 17.6 Å². The second-order valence-electron chi connectivity index (χ2n) is 5.11. The van der Waals surface area contributed by atoms with Gasteiger partial charge in [-0.05, 0) is 43.0 Å². The Kier molecular flexibility index (Phi) is 3.11. The van der Waals surface area contributed by atoms with E-state index < -0.39 is 0 Å². The van der Waals surface area contributed by atoms with Gasteiger partial charge < -0.3 is 10.4 Å². The molecule has 0 fully saturated rings. The Morgan fingerprint density at radius 1 is 1.28 bits per heavy atom. The van der Waals surface area contributed by atoms with Crippen molar-refractivity contribution in [2.45, 2.75) is 33.7 Å². The topological polar surface area (TPSA) is 61.7 Å². The number of hydrogen-bond donors (Lipinski definition) is 2. The maximum atomic E-state index is 11.8. The van der Waals surface area contributed by atoms with Gasteiger partial charge in [-0.15, -0.1) is 0 Å². The molecule has 1 aliphatic rings. The van der Waals surface area contributed by atoms with Gasteiger partial charge in [-0.3, -0.25) is 9.79 Å². The van der Waals surface area contributed by atoms with Crippen LogP contribution in [0.3, 0.4) is 0 Å². The molecule has 0 aliphatic carbocycles. The molecule has 18 heavy (non-hydrogen) atoms. The molecule has 1 unspecified atom stereocenters. The molecule has 1 amide bonds. The number of phenols is 1. The van der Waals surface area contributed by atoms with Crippen LogP contribution in [0.4, 0.5) is 0 Å². The summed E-state index contributed by atoms with van der Waals surface area (Å²) in [6.07, 6.45) is 0. The minimum absolute atomic E-state index is 0.0524. The van der Waals surface area contributed by atoms with Crippen molar-refractivity contribution in [1.29, 1.82) is 0 Å². The molecular weight excluding hydrogens is 228 g/mol. The molecule has 1 aliphatic heterocycles. The molecule has 2 rings (SSSR count). The summed E-state index contributed by atoms with van der Waals surface area (Å²) in [6.45, 7) is 7.63. The predicted octanol–water partition coefficient (Wildman–Crippen LogP) is 1.91. The van der Waals surface area contributed by atoms with E-state index in [2.05, 4.69) is 10.3 Å². The van der Waals surface area contributed by atoms with E-state index in [0.717, 1.165) is 16.7 Å². The van der Waals surface area contributed by atoms with Crippen LogP contribution in [0.1, 0.15) is 30.5 Å². The molecule has 1 atom stereocenters. The van der Waals surface area contributed by atoms with Crippen LogP contribution in [0.25, 0.3) is 0 Å². The Bertz CT molecular complexity index is 510. The maximum Gasteiger partial charge on any atom is 0.250 e. The first kappa shape index (κ1) is 12.6. The monoisotopic (exact) mass is 246 g/mol. The van der Waals surface area contributed by atoms with Crippen LogP contribution in [-0.4, -0.2) is 22.9 Å². The summed E-state index contributed by atoms with van der Waals surface area (Å²) in [5.41, 5.74) is 2.42. The van der Waals surface area contributed by atoms with Gasteiger partial charge in [0.25, 0.3) is 5.91 Å². The van der Waals surface area contributed by atoms with Gasteiger partial charge in [-0.1, -0.05) is 13.8 Å². The van der Waals surface area contributed by atoms with E-state index in [1.165, 1.54) is 0 Å². The van der Waals surface area contributed by atoms with Gasteiger partial charge in [0, 0.05) is 5.56 Å². The Morgan fingerprint density at radius 3 is 2.28 bits per heavy atom. The van der Waals surface area contributed by atoms with Crippen molar-refractivity contribution in [3.8, 4) is 5.75 Å². The number of phenolic OH excluding ortho intramolecular Hbond substituents is 1. The van der Waals surface area contributed by atoms with Crippen LogP contribution >= 0.6 is 0 Å². The van der Waals surface area contributed by atoms with Gasteiger partial charge in [0.2, 0.25) is 0 Å². The fourth-order valence-corrected chi connectivity index (χ4v) is 2.11. The number of hydrogen-bond acceptors (Lipinski definition) is 3. The van der Waals surface area contributed by atoms with E-state index in [4.69, 9.17) is 0 Å². The molecule has 4 nitrogen and oxygen atoms in total. The Hall–Kier alpha value is -1.84. The van der Waals surface area contributed by atoms with E-state index >= 15 is 0 Å². The lowest BCUT2D eigenvalue weighted by Crippen LogP contribution is -2.31. The van der Waals surface area contributed by atoms with Gasteiger partial charge in [-0.25, -0.2) is 0 Å². The van der Waals surface area contributed by atoms with E-state index in [0.29, 0.717) is 11.6 Å². The van der Waals surface area contributed by atoms with Crippen molar-refractivity contribution in [2.24, 2.45) is 10.9 Å². The number of amides is 1. The smallest absolute Gasteiger partial charge is 0.250 e. The van der Waals surface area contributed by atoms with Gasteiger partial charge in [0.15, 0.2) is 0 Å². The average Bonchev–Trinajstić information content (AvgIpc) is 2.67. The zero-order valence-corrected chi connectivity index (χ0v) is 11.1. The summed E-state index contributed by atoms with van der Waals surface area (Å²) in [5, 5.41) is 12.5. The zero-order valence-electron chi connectivity index (χ0n) is 11.1. The minimum atomic E-state index is -0.311.